The minimum absolute atomic E-state index is 0.0662. The third kappa shape index (κ3) is 5.20. The minimum Gasteiger partial charge on any atom is -0.413 e. The highest BCUT2D eigenvalue weighted by Crippen LogP contribution is 2.70. The van der Waals surface area contributed by atoms with Crippen LogP contribution >= 0.6 is 23.5 Å². The average molecular weight is 561 g/mol. The predicted octanol–water partition coefficient (Wildman–Crippen LogP) is 5.77. The molecule has 1 saturated heterocycles. The van der Waals surface area contributed by atoms with Gasteiger partial charge in [-0.3, -0.25) is 9.79 Å². The van der Waals surface area contributed by atoms with Crippen LogP contribution in [0.3, 0.4) is 0 Å². The Morgan fingerprint density at radius 1 is 1.23 bits per heavy atom. The maximum absolute atomic E-state index is 13.9. The number of carbonyl (C=O) groups excluding carboxylic acids is 1. The maximum atomic E-state index is 13.9. The van der Waals surface area contributed by atoms with Gasteiger partial charge in [0.25, 0.3) is 5.91 Å². The summed E-state index contributed by atoms with van der Waals surface area (Å²) in [6.45, 7) is 15.9. The van der Waals surface area contributed by atoms with Crippen LogP contribution in [-0.4, -0.2) is 68.3 Å². The monoisotopic (exact) mass is 560 g/mol. The number of rotatable bonds is 7. The van der Waals surface area contributed by atoms with Gasteiger partial charge in [-0.05, 0) is 67.7 Å². The summed E-state index contributed by atoms with van der Waals surface area (Å²) in [6.07, 6.45) is 10.8. The summed E-state index contributed by atoms with van der Waals surface area (Å²) >= 11 is 2.97. The van der Waals surface area contributed by atoms with E-state index in [1.54, 1.807) is 0 Å². The molecular formula is C25H44N2O4S3Si. The van der Waals surface area contributed by atoms with E-state index in [0.717, 1.165) is 23.6 Å². The summed E-state index contributed by atoms with van der Waals surface area (Å²) in [6, 6.07) is -0.981. The Morgan fingerprint density at radius 3 is 2.40 bits per heavy atom. The molecule has 200 valence electrons. The minimum atomic E-state index is -3.67. The van der Waals surface area contributed by atoms with E-state index in [4.69, 9.17) is 9.42 Å². The molecule has 0 aromatic rings. The number of aliphatic imine (C=N–C) groups is 1. The van der Waals surface area contributed by atoms with Gasteiger partial charge in [-0.25, -0.2) is 12.7 Å². The zero-order valence-corrected chi connectivity index (χ0v) is 26.3. The molecular weight excluding hydrogens is 517 g/mol. The standard InChI is InChI=1S/C25H44N2O4S3Si/c1-23(2,3)35(8,9)31-15-11-10-12-19(26-22(32-6)33-7)21(28)27-20-16-18-13-14-25(20,24(18,4)5)17-34(27,29)30/h10-11,18-20H,12-17H2,1-9H3/b11-10-/t18-,19+,20-,25-/m1/s1. The van der Waals surface area contributed by atoms with Crippen molar-refractivity contribution in [2.75, 3.05) is 24.9 Å². The summed E-state index contributed by atoms with van der Waals surface area (Å²) in [4.78, 5) is 18.6. The number of hydrogen-bond donors (Lipinski definition) is 0. The second-order valence-electron chi connectivity index (χ2n) is 12.4. The normalized spacial score (nSPS) is 30.0. The molecule has 0 N–H and O–H groups in total. The van der Waals surface area contributed by atoms with Crippen LogP contribution in [0, 0.1) is 16.7 Å². The second-order valence-corrected chi connectivity index (χ2v) is 20.9. The Morgan fingerprint density at radius 2 is 1.86 bits per heavy atom. The predicted molar refractivity (Wildman–Crippen MR) is 153 cm³/mol. The third-order valence-corrected chi connectivity index (χ3v) is 17.7. The molecule has 3 fully saturated rings. The summed E-state index contributed by atoms with van der Waals surface area (Å²) < 4.78 is 35.1. The van der Waals surface area contributed by atoms with Gasteiger partial charge in [0.2, 0.25) is 10.0 Å². The van der Waals surface area contributed by atoms with Crippen molar-refractivity contribution in [2.45, 2.75) is 90.5 Å². The molecule has 35 heavy (non-hydrogen) atoms. The largest absolute Gasteiger partial charge is 0.413 e. The lowest BCUT2D eigenvalue weighted by Crippen LogP contribution is -2.47. The van der Waals surface area contributed by atoms with E-state index in [2.05, 4.69) is 47.7 Å². The quantitative estimate of drug-likeness (QED) is 0.170. The first-order valence-electron chi connectivity index (χ1n) is 12.5. The second kappa shape index (κ2) is 10.1. The lowest BCUT2D eigenvalue weighted by Gasteiger charge is -2.37. The van der Waals surface area contributed by atoms with E-state index in [1.807, 2.05) is 24.7 Å². The van der Waals surface area contributed by atoms with Gasteiger partial charge in [-0.1, -0.05) is 46.8 Å². The molecule has 1 amide bonds. The fraction of sp³-hybridized carbons (Fsp3) is 0.840. The van der Waals surface area contributed by atoms with Crippen molar-refractivity contribution in [3.63, 3.8) is 0 Å². The number of carbonyl (C=O) groups is 1. The van der Waals surface area contributed by atoms with Gasteiger partial charge in [0.05, 0.1) is 18.4 Å². The first-order chi connectivity index (χ1) is 16.0. The lowest BCUT2D eigenvalue weighted by atomic mass is 9.69. The molecule has 3 rings (SSSR count). The zero-order chi connectivity index (χ0) is 26.4. The molecule has 0 unspecified atom stereocenters. The van der Waals surface area contributed by atoms with Crippen LogP contribution in [0.25, 0.3) is 0 Å². The molecule has 0 radical (unpaired) electrons. The molecule has 1 heterocycles. The van der Waals surface area contributed by atoms with Crippen molar-refractivity contribution in [1.82, 2.24) is 4.31 Å². The number of nitrogens with zero attached hydrogens (tertiary/aromatic N) is 2. The van der Waals surface area contributed by atoms with Crippen molar-refractivity contribution in [1.29, 1.82) is 0 Å². The SMILES string of the molecule is CSC(=N[C@@H](C/C=C\CO[Si](C)(C)C(C)(C)C)C(=O)N1[C@@H]2C[C@H]3CC[C@]2(CS1(=O)=O)C3(C)C)SC. The van der Waals surface area contributed by atoms with Crippen LogP contribution in [0.1, 0.15) is 60.3 Å². The molecule has 6 nitrogen and oxygen atoms in total. The van der Waals surface area contributed by atoms with Crippen LogP contribution in [0.2, 0.25) is 18.1 Å². The van der Waals surface area contributed by atoms with Crippen molar-refractivity contribution in [3.8, 4) is 0 Å². The first kappa shape index (κ1) is 29.3. The molecule has 4 atom stereocenters. The summed E-state index contributed by atoms with van der Waals surface area (Å²) in [5.41, 5.74) is -0.391. The molecule has 2 aliphatic carbocycles. The van der Waals surface area contributed by atoms with Crippen molar-refractivity contribution >= 4 is 52.1 Å². The van der Waals surface area contributed by atoms with Crippen LogP contribution in [0.5, 0.6) is 0 Å². The molecule has 3 aliphatic rings. The molecule has 1 spiro atoms. The van der Waals surface area contributed by atoms with E-state index in [1.165, 1.54) is 27.8 Å². The topological polar surface area (TPSA) is 76.0 Å². The number of fused-ring (bicyclic) bond motifs is 1. The van der Waals surface area contributed by atoms with Crippen LogP contribution in [0.4, 0.5) is 0 Å². The summed E-state index contributed by atoms with van der Waals surface area (Å²) in [5, 5.41) is 0.129. The molecule has 0 aromatic carbocycles. The zero-order valence-electron chi connectivity index (χ0n) is 22.9. The van der Waals surface area contributed by atoms with Crippen LogP contribution in [0.15, 0.2) is 17.1 Å². The van der Waals surface area contributed by atoms with Gasteiger partial charge in [0.15, 0.2) is 8.32 Å². The molecule has 0 aromatic heterocycles. The molecule has 2 saturated carbocycles. The molecule has 1 aliphatic heterocycles. The summed E-state index contributed by atoms with van der Waals surface area (Å²) in [5.74, 6) is 0.191. The van der Waals surface area contributed by atoms with E-state index < -0.39 is 24.4 Å². The highest BCUT2D eigenvalue weighted by atomic mass is 32.2. The molecule has 10 heteroatoms. The van der Waals surface area contributed by atoms with Gasteiger partial charge < -0.3 is 4.43 Å². The highest BCUT2D eigenvalue weighted by molar-refractivity contribution is 8.38. The van der Waals surface area contributed by atoms with Crippen molar-refractivity contribution in [3.05, 3.63) is 12.2 Å². The van der Waals surface area contributed by atoms with Gasteiger partial charge in [0, 0.05) is 5.41 Å². The van der Waals surface area contributed by atoms with Gasteiger partial charge in [-0.2, -0.15) is 0 Å². The Bertz CT molecular complexity index is 981. The van der Waals surface area contributed by atoms with Crippen molar-refractivity contribution < 1.29 is 17.6 Å². The Labute approximate surface area is 222 Å². The van der Waals surface area contributed by atoms with Crippen LogP contribution in [-0.2, 0) is 19.2 Å². The maximum Gasteiger partial charge on any atom is 0.261 e. The van der Waals surface area contributed by atoms with E-state index in [-0.39, 0.29) is 33.6 Å². The molecule has 2 bridgehead atoms. The number of sulfonamides is 1. The number of thioether (sulfide) groups is 2. The van der Waals surface area contributed by atoms with E-state index >= 15 is 0 Å². The Balaban J connectivity index is 1.81. The Kier molecular flexibility index (Phi) is 8.46. The number of hydrogen-bond acceptors (Lipinski definition) is 7. The fourth-order valence-electron chi connectivity index (χ4n) is 6.02. The van der Waals surface area contributed by atoms with E-state index in [9.17, 15) is 13.2 Å². The first-order valence-corrected chi connectivity index (χ1v) is 19.5. The third-order valence-electron chi connectivity index (χ3n) is 9.40. The van der Waals surface area contributed by atoms with Gasteiger partial charge >= 0.3 is 0 Å². The Hall–Kier alpha value is -0.293. The van der Waals surface area contributed by atoms with Gasteiger partial charge in [-0.15, -0.1) is 23.5 Å². The average Bonchev–Trinajstić information content (AvgIpc) is 3.22. The van der Waals surface area contributed by atoms with E-state index in [0.29, 0.717) is 18.9 Å². The fourth-order valence-corrected chi connectivity index (χ4v) is 10.7. The smallest absolute Gasteiger partial charge is 0.261 e. The summed E-state index contributed by atoms with van der Waals surface area (Å²) in [7, 11) is -5.53. The highest BCUT2D eigenvalue weighted by Gasteiger charge is 2.72. The lowest BCUT2D eigenvalue weighted by molar-refractivity contribution is -0.130. The van der Waals surface area contributed by atoms with Crippen molar-refractivity contribution in [2.24, 2.45) is 21.7 Å². The van der Waals surface area contributed by atoms with Gasteiger partial charge in [0.1, 0.15) is 10.4 Å². The van der Waals surface area contributed by atoms with Crippen LogP contribution < -0.4 is 0 Å². The number of amides is 1.